The highest BCUT2D eigenvalue weighted by atomic mass is 19.1. The lowest BCUT2D eigenvalue weighted by Gasteiger charge is -2.35. The number of nitrogens with one attached hydrogen (secondary N) is 1. The number of ether oxygens (including phenoxy) is 1. The fourth-order valence-corrected chi connectivity index (χ4v) is 5.66. The van der Waals surface area contributed by atoms with E-state index in [1.54, 1.807) is 18.0 Å². The highest BCUT2D eigenvalue weighted by Crippen LogP contribution is 2.38. The largest absolute Gasteiger partial charge is 0.394 e. The third-order valence-electron chi connectivity index (χ3n) is 8.10. The summed E-state index contributed by atoms with van der Waals surface area (Å²) in [5.74, 6) is -0.813. The zero-order valence-corrected chi connectivity index (χ0v) is 24.4. The van der Waals surface area contributed by atoms with E-state index in [1.165, 1.54) is 23.1 Å². The number of likely N-dealkylation sites (N-methyl/N-ethyl adjacent to an activating group) is 1. The third-order valence-corrected chi connectivity index (χ3v) is 8.10. The van der Waals surface area contributed by atoms with Crippen molar-refractivity contribution in [2.75, 3.05) is 32.1 Å². The molecule has 9 heteroatoms. The number of hydrogen-bond acceptors (Lipinski definition) is 4. The molecule has 0 saturated carbocycles. The minimum atomic E-state index is -0.448. The number of aliphatic hydroxyl groups is 1. The summed E-state index contributed by atoms with van der Waals surface area (Å²) in [6, 6.07) is 20.7. The number of carbonyl (C=O) groups is 2. The number of aliphatic hydroxyl groups excluding tert-OH is 1. The topological polar surface area (TPSA) is 87.0 Å². The van der Waals surface area contributed by atoms with Crippen molar-refractivity contribution in [2.45, 2.75) is 32.6 Å². The fraction of sp³-hybridized carbons (Fsp3) is 0.333. The Balaban J connectivity index is 1.53. The fourth-order valence-electron chi connectivity index (χ4n) is 5.66. The van der Waals surface area contributed by atoms with E-state index in [-0.39, 0.29) is 31.6 Å². The lowest BCUT2D eigenvalue weighted by atomic mass is 9.96. The first-order valence-corrected chi connectivity index (χ1v) is 14.2. The van der Waals surface area contributed by atoms with Crippen LogP contribution >= 0.6 is 0 Å². The molecule has 2 heterocycles. The number of anilines is 1. The van der Waals surface area contributed by atoms with Crippen LogP contribution in [0.2, 0.25) is 0 Å². The lowest BCUT2D eigenvalue weighted by molar-refractivity contribution is -0.0179. The van der Waals surface area contributed by atoms with Crippen molar-refractivity contribution in [1.29, 1.82) is 0 Å². The van der Waals surface area contributed by atoms with E-state index in [2.05, 4.69) is 5.32 Å². The van der Waals surface area contributed by atoms with Gasteiger partial charge in [-0.2, -0.15) is 0 Å². The molecule has 0 aliphatic carbocycles. The Morgan fingerprint density at radius 1 is 1.14 bits per heavy atom. The van der Waals surface area contributed by atoms with E-state index in [0.717, 1.165) is 27.6 Å². The lowest BCUT2D eigenvalue weighted by Crippen LogP contribution is -2.48. The van der Waals surface area contributed by atoms with Gasteiger partial charge in [-0.05, 0) is 42.3 Å². The van der Waals surface area contributed by atoms with Gasteiger partial charge in [-0.15, -0.1) is 0 Å². The average molecular weight is 573 g/mol. The second kappa shape index (κ2) is 12.3. The minimum absolute atomic E-state index is 0.176. The summed E-state index contributed by atoms with van der Waals surface area (Å²) in [5, 5.41) is 13.9. The molecule has 8 nitrogen and oxygen atoms in total. The van der Waals surface area contributed by atoms with Crippen LogP contribution in [0.3, 0.4) is 0 Å². The first-order chi connectivity index (χ1) is 20.2. The molecule has 3 amide bonds. The Bertz CT molecular complexity index is 1600. The van der Waals surface area contributed by atoms with Gasteiger partial charge in [0.2, 0.25) is 0 Å². The number of benzene rings is 3. The van der Waals surface area contributed by atoms with E-state index in [9.17, 15) is 19.1 Å². The molecule has 42 heavy (non-hydrogen) atoms. The van der Waals surface area contributed by atoms with Crippen LogP contribution in [0.25, 0.3) is 22.0 Å². The molecule has 4 aromatic rings. The molecule has 1 aliphatic heterocycles. The van der Waals surface area contributed by atoms with E-state index in [4.69, 9.17) is 4.74 Å². The highest BCUT2D eigenvalue weighted by Gasteiger charge is 2.34. The SMILES string of the molecule is C[C@@H]1CN([C@@H](C)CO)C(=O)c2c(c3ccccc3n2C)-c2ccccc2CO[C@@H]1CN(C)C(=O)Nc1cccc(F)c1. The number of fused-ring (bicyclic) bond motifs is 5. The molecule has 5 rings (SSSR count). The second-order valence-electron chi connectivity index (χ2n) is 11.1. The van der Waals surface area contributed by atoms with E-state index >= 15 is 0 Å². The summed E-state index contributed by atoms with van der Waals surface area (Å²) in [4.78, 5) is 30.7. The highest BCUT2D eigenvalue weighted by molar-refractivity contribution is 6.10. The summed E-state index contributed by atoms with van der Waals surface area (Å²) in [7, 11) is 3.56. The van der Waals surface area contributed by atoms with Gasteiger partial charge in [0.05, 0.1) is 25.4 Å². The van der Waals surface area contributed by atoms with Gasteiger partial charge in [0.15, 0.2) is 0 Å². The van der Waals surface area contributed by atoms with Crippen molar-refractivity contribution in [3.63, 3.8) is 0 Å². The van der Waals surface area contributed by atoms with Crippen molar-refractivity contribution in [3.8, 4) is 11.1 Å². The standard InChI is InChI=1S/C33H37FN4O4/c1-21-17-38(22(2)19-39)32(40)31-30(27-14-7-8-15-28(27)37(31)4)26-13-6-5-10-23(26)20-42-29(21)18-36(3)33(41)35-25-12-9-11-24(34)16-25/h5-16,21-22,29,39H,17-20H2,1-4H3,(H,35,41)/t21-,22+,29-/m1/s1. The molecule has 3 aromatic carbocycles. The van der Waals surface area contributed by atoms with Crippen LogP contribution in [0.4, 0.5) is 14.9 Å². The van der Waals surface area contributed by atoms with Crippen LogP contribution in [0.1, 0.15) is 29.9 Å². The molecular formula is C33H37FN4O4. The number of rotatable bonds is 5. The van der Waals surface area contributed by atoms with Crippen LogP contribution in [0, 0.1) is 11.7 Å². The summed E-state index contributed by atoms with van der Waals surface area (Å²) < 4.78 is 22.1. The minimum Gasteiger partial charge on any atom is -0.394 e. The molecule has 220 valence electrons. The summed E-state index contributed by atoms with van der Waals surface area (Å²) in [6.45, 7) is 4.43. The maximum absolute atomic E-state index is 14.4. The second-order valence-corrected chi connectivity index (χ2v) is 11.1. The average Bonchev–Trinajstić information content (AvgIpc) is 3.28. The number of amides is 3. The predicted molar refractivity (Wildman–Crippen MR) is 162 cm³/mol. The van der Waals surface area contributed by atoms with Crippen LogP contribution < -0.4 is 5.32 Å². The Morgan fingerprint density at radius 2 is 1.88 bits per heavy atom. The molecule has 0 radical (unpaired) electrons. The van der Waals surface area contributed by atoms with E-state index in [0.29, 0.717) is 17.9 Å². The Morgan fingerprint density at radius 3 is 2.64 bits per heavy atom. The van der Waals surface area contributed by atoms with Gasteiger partial charge >= 0.3 is 6.03 Å². The van der Waals surface area contributed by atoms with Crippen molar-refractivity contribution < 1.29 is 23.8 Å². The van der Waals surface area contributed by atoms with Gasteiger partial charge in [0.25, 0.3) is 5.91 Å². The zero-order valence-electron chi connectivity index (χ0n) is 24.4. The maximum Gasteiger partial charge on any atom is 0.321 e. The van der Waals surface area contributed by atoms with Crippen LogP contribution in [0.5, 0.6) is 0 Å². The number of para-hydroxylation sites is 1. The number of carbonyl (C=O) groups excluding carboxylic acids is 2. The summed E-state index contributed by atoms with van der Waals surface area (Å²) in [6.07, 6.45) is -0.444. The molecule has 3 atom stereocenters. The van der Waals surface area contributed by atoms with Crippen molar-refractivity contribution >= 4 is 28.5 Å². The van der Waals surface area contributed by atoms with Gasteiger partial charge in [0.1, 0.15) is 11.5 Å². The summed E-state index contributed by atoms with van der Waals surface area (Å²) >= 11 is 0. The zero-order chi connectivity index (χ0) is 30.0. The Labute approximate surface area is 245 Å². The van der Waals surface area contributed by atoms with Crippen molar-refractivity contribution in [2.24, 2.45) is 13.0 Å². The predicted octanol–water partition coefficient (Wildman–Crippen LogP) is 5.51. The first kappa shape index (κ1) is 29.3. The Hall–Kier alpha value is -4.21. The van der Waals surface area contributed by atoms with E-state index < -0.39 is 24.0 Å². The Kier molecular flexibility index (Phi) is 8.61. The molecular weight excluding hydrogens is 535 g/mol. The smallest absolute Gasteiger partial charge is 0.321 e. The molecule has 2 N–H and O–H groups in total. The van der Waals surface area contributed by atoms with Crippen molar-refractivity contribution in [1.82, 2.24) is 14.4 Å². The monoisotopic (exact) mass is 572 g/mol. The van der Waals surface area contributed by atoms with Crippen LogP contribution in [-0.2, 0) is 18.4 Å². The van der Waals surface area contributed by atoms with Gasteiger partial charge in [-0.3, -0.25) is 4.79 Å². The summed E-state index contributed by atoms with van der Waals surface area (Å²) in [5.41, 5.74) is 4.52. The van der Waals surface area contributed by atoms with Gasteiger partial charge in [0, 0.05) is 55.3 Å². The molecule has 1 aliphatic rings. The third kappa shape index (κ3) is 5.75. The number of hydrogen-bond donors (Lipinski definition) is 2. The molecule has 0 spiro atoms. The normalized spacial score (nSPS) is 18.1. The number of aromatic nitrogens is 1. The number of urea groups is 1. The molecule has 1 aromatic heterocycles. The molecule has 0 bridgehead atoms. The molecule has 0 fully saturated rings. The van der Waals surface area contributed by atoms with Crippen LogP contribution in [-0.4, -0.2) is 70.3 Å². The van der Waals surface area contributed by atoms with Gasteiger partial charge in [-0.25, -0.2) is 9.18 Å². The maximum atomic E-state index is 14.4. The number of aryl methyl sites for hydroxylation is 1. The van der Waals surface area contributed by atoms with Gasteiger partial charge in [-0.1, -0.05) is 55.5 Å². The van der Waals surface area contributed by atoms with Gasteiger partial charge < -0.3 is 29.5 Å². The number of halogens is 1. The molecule has 0 saturated heterocycles. The van der Waals surface area contributed by atoms with Crippen LogP contribution in [0.15, 0.2) is 72.8 Å². The quantitative estimate of drug-likeness (QED) is 0.330. The van der Waals surface area contributed by atoms with Crippen molar-refractivity contribution in [3.05, 3.63) is 89.9 Å². The van der Waals surface area contributed by atoms with E-state index in [1.807, 2.05) is 74.0 Å². The number of nitrogens with zero attached hydrogens (tertiary/aromatic N) is 3. The molecule has 0 unspecified atom stereocenters. The first-order valence-electron chi connectivity index (χ1n) is 14.2.